The number of aromatic amines is 1. The molecule has 1 aliphatic heterocycles. The third-order valence-corrected chi connectivity index (χ3v) is 3.81. The molecule has 1 fully saturated rings. The Balaban J connectivity index is 1.74. The first-order valence-electron chi connectivity index (χ1n) is 7.58. The minimum Gasteiger partial charge on any atom is -0.379 e. The van der Waals surface area contributed by atoms with Gasteiger partial charge in [0.15, 0.2) is 5.78 Å². The normalized spacial score (nSPS) is 16.4. The summed E-state index contributed by atoms with van der Waals surface area (Å²) in [6, 6.07) is 5.73. The molecular formula is C16H21N3O2. The average Bonchev–Trinajstić information content (AvgIpc) is 2.90. The van der Waals surface area contributed by atoms with Crippen molar-refractivity contribution in [3.8, 4) is 0 Å². The summed E-state index contributed by atoms with van der Waals surface area (Å²) in [5.74, 6) is 1.15. The first-order chi connectivity index (χ1) is 10.3. The predicted octanol–water partition coefficient (Wildman–Crippen LogP) is 2.03. The number of aryl methyl sites for hydroxylation is 1. The van der Waals surface area contributed by atoms with Crippen LogP contribution in [0.2, 0.25) is 0 Å². The highest BCUT2D eigenvalue weighted by Gasteiger charge is 2.16. The number of Topliss-reactive ketones (excluding diaryl/α,β-unsaturated/α-hetero) is 1. The summed E-state index contributed by atoms with van der Waals surface area (Å²) >= 11 is 0. The van der Waals surface area contributed by atoms with E-state index in [1.54, 1.807) is 0 Å². The van der Waals surface area contributed by atoms with Crippen LogP contribution < -0.4 is 0 Å². The number of carbonyl (C=O) groups excluding carboxylic acids is 1. The van der Waals surface area contributed by atoms with Gasteiger partial charge in [-0.2, -0.15) is 0 Å². The van der Waals surface area contributed by atoms with Crippen molar-refractivity contribution >= 4 is 16.8 Å². The second-order valence-electron chi connectivity index (χ2n) is 5.48. The van der Waals surface area contributed by atoms with Crippen molar-refractivity contribution < 1.29 is 9.53 Å². The van der Waals surface area contributed by atoms with Crippen LogP contribution >= 0.6 is 0 Å². The van der Waals surface area contributed by atoms with Gasteiger partial charge in [-0.05, 0) is 24.6 Å². The van der Waals surface area contributed by atoms with Gasteiger partial charge in [-0.15, -0.1) is 0 Å². The second kappa shape index (κ2) is 6.37. The number of rotatable bonds is 5. The van der Waals surface area contributed by atoms with Crippen LogP contribution in [0.4, 0.5) is 0 Å². The minimum absolute atomic E-state index is 0.158. The molecule has 112 valence electrons. The molecule has 0 radical (unpaired) electrons. The van der Waals surface area contributed by atoms with Crippen LogP contribution in [0, 0.1) is 0 Å². The minimum atomic E-state index is 0.158. The molecule has 0 amide bonds. The number of H-pyrrole nitrogens is 1. The molecule has 1 aliphatic rings. The summed E-state index contributed by atoms with van der Waals surface area (Å²) in [5.41, 5.74) is 2.63. The topological polar surface area (TPSA) is 58.2 Å². The molecule has 5 nitrogen and oxygen atoms in total. The molecule has 0 spiro atoms. The van der Waals surface area contributed by atoms with Gasteiger partial charge in [-0.25, -0.2) is 4.98 Å². The molecule has 1 N–H and O–H groups in total. The molecule has 1 aromatic heterocycles. The number of hydrogen-bond donors (Lipinski definition) is 1. The van der Waals surface area contributed by atoms with Gasteiger partial charge in [0.05, 0.1) is 30.8 Å². The number of benzene rings is 1. The lowest BCUT2D eigenvalue weighted by atomic mass is 10.1. The van der Waals surface area contributed by atoms with Crippen molar-refractivity contribution in [2.24, 2.45) is 0 Å². The maximum atomic E-state index is 12.4. The first kappa shape index (κ1) is 14.2. The third kappa shape index (κ3) is 3.31. The van der Waals surface area contributed by atoms with Crippen LogP contribution in [0.1, 0.15) is 29.5 Å². The van der Waals surface area contributed by atoms with Crippen molar-refractivity contribution in [2.45, 2.75) is 19.8 Å². The fourth-order valence-electron chi connectivity index (χ4n) is 2.64. The predicted molar refractivity (Wildman–Crippen MR) is 81.7 cm³/mol. The number of ether oxygens (including phenoxy) is 1. The highest BCUT2D eigenvalue weighted by molar-refractivity contribution is 6.00. The van der Waals surface area contributed by atoms with Gasteiger partial charge < -0.3 is 9.72 Å². The zero-order valence-electron chi connectivity index (χ0n) is 12.4. The van der Waals surface area contributed by atoms with Crippen LogP contribution in [-0.2, 0) is 11.2 Å². The third-order valence-electron chi connectivity index (χ3n) is 3.81. The SMILES string of the molecule is CCCc1nc2ccc(C(=O)CN3CCOCC3)cc2[nH]1. The number of carbonyl (C=O) groups is 1. The maximum absolute atomic E-state index is 12.4. The molecule has 2 heterocycles. The van der Waals surface area contributed by atoms with E-state index in [1.165, 1.54) is 0 Å². The van der Waals surface area contributed by atoms with Crippen molar-refractivity contribution in [3.63, 3.8) is 0 Å². The highest BCUT2D eigenvalue weighted by Crippen LogP contribution is 2.15. The Morgan fingerprint density at radius 2 is 2.19 bits per heavy atom. The van der Waals surface area contributed by atoms with Crippen LogP contribution in [-0.4, -0.2) is 53.5 Å². The lowest BCUT2D eigenvalue weighted by molar-refractivity contribution is 0.0371. The van der Waals surface area contributed by atoms with Gasteiger partial charge in [0.2, 0.25) is 0 Å². The number of aromatic nitrogens is 2. The molecule has 21 heavy (non-hydrogen) atoms. The number of morpholine rings is 1. The Kier molecular flexibility index (Phi) is 4.31. The first-order valence-corrected chi connectivity index (χ1v) is 7.58. The van der Waals surface area contributed by atoms with E-state index in [0.29, 0.717) is 19.8 Å². The van der Waals surface area contributed by atoms with Crippen molar-refractivity contribution in [1.29, 1.82) is 0 Å². The molecule has 0 bridgehead atoms. The summed E-state index contributed by atoms with van der Waals surface area (Å²) < 4.78 is 5.30. The maximum Gasteiger partial charge on any atom is 0.176 e. The summed E-state index contributed by atoms with van der Waals surface area (Å²) in [5, 5.41) is 0. The van der Waals surface area contributed by atoms with Gasteiger partial charge in [-0.1, -0.05) is 6.92 Å². The van der Waals surface area contributed by atoms with E-state index in [4.69, 9.17) is 4.74 Å². The molecular weight excluding hydrogens is 266 g/mol. The summed E-state index contributed by atoms with van der Waals surface area (Å²) in [7, 11) is 0. The van der Waals surface area contributed by atoms with Gasteiger partial charge in [0.25, 0.3) is 0 Å². The van der Waals surface area contributed by atoms with Crippen molar-refractivity contribution in [1.82, 2.24) is 14.9 Å². The Morgan fingerprint density at radius 3 is 2.95 bits per heavy atom. The fraction of sp³-hybridized carbons (Fsp3) is 0.500. The molecule has 3 rings (SSSR count). The van der Waals surface area contributed by atoms with E-state index in [0.717, 1.165) is 48.4 Å². The molecule has 0 saturated carbocycles. The van der Waals surface area contributed by atoms with Crippen molar-refractivity contribution in [2.75, 3.05) is 32.8 Å². The number of fused-ring (bicyclic) bond motifs is 1. The van der Waals surface area contributed by atoms with Crippen LogP contribution in [0.25, 0.3) is 11.0 Å². The summed E-state index contributed by atoms with van der Waals surface area (Å²) in [6.07, 6.45) is 1.99. The monoisotopic (exact) mass is 287 g/mol. The zero-order valence-corrected chi connectivity index (χ0v) is 12.4. The fourth-order valence-corrected chi connectivity index (χ4v) is 2.64. The lowest BCUT2D eigenvalue weighted by Gasteiger charge is -2.25. The number of ketones is 1. The summed E-state index contributed by atoms with van der Waals surface area (Å²) in [6.45, 7) is 5.69. The van der Waals surface area contributed by atoms with E-state index in [9.17, 15) is 4.79 Å². The summed E-state index contributed by atoms with van der Waals surface area (Å²) in [4.78, 5) is 22.3. The molecule has 0 aliphatic carbocycles. The quantitative estimate of drug-likeness (QED) is 0.855. The average molecular weight is 287 g/mol. The van der Waals surface area contributed by atoms with E-state index < -0.39 is 0 Å². The molecule has 0 atom stereocenters. The molecule has 0 unspecified atom stereocenters. The van der Waals surface area contributed by atoms with Crippen LogP contribution in [0.5, 0.6) is 0 Å². The number of hydrogen-bond acceptors (Lipinski definition) is 4. The largest absolute Gasteiger partial charge is 0.379 e. The van der Waals surface area contributed by atoms with Crippen LogP contribution in [0.3, 0.4) is 0 Å². The molecule has 5 heteroatoms. The number of nitrogens with zero attached hydrogens (tertiary/aromatic N) is 2. The Labute approximate surface area is 124 Å². The molecule has 1 aromatic carbocycles. The molecule has 1 saturated heterocycles. The van der Waals surface area contributed by atoms with Crippen LogP contribution in [0.15, 0.2) is 18.2 Å². The molecule has 2 aromatic rings. The van der Waals surface area contributed by atoms with E-state index in [2.05, 4.69) is 21.8 Å². The van der Waals surface area contributed by atoms with Gasteiger partial charge in [0.1, 0.15) is 5.82 Å². The standard InChI is InChI=1S/C16H21N3O2/c1-2-3-16-17-13-5-4-12(10-14(13)18-16)15(20)11-19-6-8-21-9-7-19/h4-5,10H,2-3,6-9,11H2,1H3,(H,17,18). The Bertz CT molecular complexity index is 629. The van der Waals surface area contributed by atoms with Gasteiger partial charge in [0, 0.05) is 25.1 Å². The van der Waals surface area contributed by atoms with Gasteiger partial charge >= 0.3 is 0 Å². The van der Waals surface area contributed by atoms with E-state index in [-0.39, 0.29) is 5.78 Å². The Hall–Kier alpha value is -1.72. The zero-order chi connectivity index (χ0) is 14.7. The Morgan fingerprint density at radius 1 is 1.38 bits per heavy atom. The number of imidazole rings is 1. The van der Waals surface area contributed by atoms with E-state index >= 15 is 0 Å². The number of nitrogens with one attached hydrogen (secondary N) is 1. The smallest absolute Gasteiger partial charge is 0.176 e. The second-order valence-corrected chi connectivity index (χ2v) is 5.48. The lowest BCUT2D eigenvalue weighted by Crippen LogP contribution is -2.39. The van der Waals surface area contributed by atoms with Gasteiger partial charge in [-0.3, -0.25) is 9.69 Å². The van der Waals surface area contributed by atoms with E-state index in [1.807, 2.05) is 18.2 Å². The van der Waals surface area contributed by atoms with Crippen molar-refractivity contribution in [3.05, 3.63) is 29.6 Å². The highest BCUT2D eigenvalue weighted by atomic mass is 16.5.